The van der Waals surface area contributed by atoms with E-state index >= 15 is 0 Å². The molecule has 7 nitrogen and oxygen atoms in total. The third-order valence-electron chi connectivity index (χ3n) is 3.80. The number of hydrogen-bond acceptors (Lipinski definition) is 6. The first-order chi connectivity index (χ1) is 12.0. The summed E-state index contributed by atoms with van der Waals surface area (Å²) in [6.45, 7) is 1.85. The minimum atomic E-state index is -0.253. The summed E-state index contributed by atoms with van der Waals surface area (Å²) >= 11 is 0. The fraction of sp³-hybridized carbons (Fsp3) is 0.222. The number of hydrazone groups is 1. The van der Waals surface area contributed by atoms with Crippen molar-refractivity contribution >= 4 is 11.6 Å². The number of aromatic hydroxyl groups is 2. The van der Waals surface area contributed by atoms with Crippen molar-refractivity contribution in [1.82, 2.24) is 5.43 Å². The van der Waals surface area contributed by atoms with Gasteiger partial charge in [-0.1, -0.05) is 6.07 Å². The van der Waals surface area contributed by atoms with Gasteiger partial charge in [0, 0.05) is 12.0 Å². The Morgan fingerprint density at radius 1 is 1.16 bits per heavy atom. The van der Waals surface area contributed by atoms with E-state index < -0.39 is 0 Å². The lowest BCUT2D eigenvalue weighted by molar-refractivity contribution is -0.121. The van der Waals surface area contributed by atoms with Crippen molar-refractivity contribution < 1.29 is 24.5 Å². The molecule has 0 atom stereocenters. The molecule has 1 amide bonds. The predicted molar refractivity (Wildman–Crippen MR) is 91.0 cm³/mol. The van der Waals surface area contributed by atoms with Gasteiger partial charge >= 0.3 is 0 Å². The smallest absolute Gasteiger partial charge is 0.240 e. The van der Waals surface area contributed by atoms with Crippen LogP contribution >= 0.6 is 0 Å². The Morgan fingerprint density at radius 2 is 1.96 bits per heavy atom. The number of amides is 1. The highest BCUT2D eigenvalue weighted by atomic mass is 16.7. The van der Waals surface area contributed by atoms with Crippen LogP contribution in [0.15, 0.2) is 41.5 Å². The van der Waals surface area contributed by atoms with Crippen molar-refractivity contribution in [3.63, 3.8) is 0 Å². The summed E-state index contributed by atoms with van der Waals surface area (Å²) in [5.74, 6) is 1.13. The van der Waals surface area contributed by atoms with Crippen molar-refractivity contribution in [2.75, 3.05) is 6.79 Å². The van der Waals surface area contributed by atoms with Gasteiger partial charge in [-0.25, -0.2) is 5.43 Å². The van der Waals surface area contributed by atoms with Gasteiger partial charge in [0.05, 0.1) is 5.71 Å². The Kier molecular flexibility index (Phi) is 4.74. The Bertz CT molecular complexity index is 832. The summed E-state index contributed by atoms with van der Waals surface area (Å²) in [6.07, 6.45) is 0.789. The van der Waals surface area contributed by atoms with Crippen molar-refractivity contribution in [3.05, 3.63) is 47.5 Å². The minimum Gasteiger partial charge on any atom is -0.508 e. The van der Waals surface area contributed by atoms with E-state index in [4.69, 9.17) is 9.47 Å². The van der Waals surface area contributed by atoms with Crippen molar-refractivity contribution in [2.24, 2.45) is 5.10 Å². The lowest BCUT2D eigenvalue weighted by Crippen LogP contribution is -2.19. The molecule has 130 valence electrons. The molecule has 0 saturated heterocycles. The number of hydrogen-bond donors (Lipinski definition) is 3. The van der Waals surface area contributed by atoms with E-state index in [9.17, 15) is 15.0 Å². The first-order valence-electron chi connectivity index (χ1n) is 7.77. The van der Waals surface area contributed by atoms with Crippen LogP contribution in [-0.2, 0) is 11.2 Å². The number of nitrogens with zero attached hydrogens (tertiary/aromatic N) is 1. The number of fused-ring (bicyclic) bond motifs is 1. The first-order valence-corrected chi connectivity index (χ1v) is 7.77. The summed E-state index contributed by atoms with van der Waals surface area (Å²) in [5.41, 5.74) is 4.16. The molecule has 0 bridgehead atoms. The number of rotatable bonds is 5. The number of phenols is 2. The average molecular weight is 342 g/mol. The standard InChI is InChI=1S/C18H18N2O5/c1-11(14-9-13(21)4-5-15(14)22)19-20-18(23)7-3-12-2-6-16-17(8-12)25-10-24-16/h2,4-6,8-9,21-22H,3,7,10H2,1H3,(H,20,23)/b19-11+. The molecule has 3 N–H and O–H groups in total. The van der Waals surface area contributed by atoms with Gasteiger partial charge in [0.25, 0.3) is 0 Å². The van der Waals surface area contributed by atoms with Crippen molar-refractivity contribution in [2.45, 2.75) is 19.8 Å². The van der Waals surface area contributed by atoms with Gasteiger partial charge in [-0.15, -0.1) is 0 Å². The summed E-state index contributed by atoms with van der Waals surface area (Å²) in [6, 6.07) is 9.69. The van der Waals surface area contributed by atoms with Gasteiger partial charge in [0.1, 0.15) is 11.5 Å². The Balaban J connectivity index is 1.56. The van der Waals surface area contributed by atoms with Gasteiger partial charge in [0.15, 0.2) is 11.5 Å². The van der Waals surface area contributed by atoms with E-state index in [0.29, 0.717) is 29.2 Å². The second-order valence-electron chi connectivity index (χ2n) is 5.62. The summed E-state index contributed by atoms with van der Waals surface area (Å²) in [4.78, 5) is 12.0. The van der Waals surface area contributed by atoms with Crippen LogP contribution in [0.5, 0.6) is 23.0 Å². The van der Waals surface area contributed by atoms with Gasteiger partial charge in [-0.2, -0.15) is 5.10 Å². The largest absolute Gasteiger partial charge is 0.508 e. The van der Waals surface area contributed by atoms with Crippen molar-refractivity contribution in [3.8, 4) is 23.0 Å². The normalized spacial score (nSPS) is 12.9. The predicted octanol–water partition coefficient (Wildman–Crippen LogP) is 2.30. The highest BCUT2D eigenvalue weighted by molar-refractivity contribution is 6.01. The molecule has 0 aromatic heterocycles. The molecular formula is C18H18N2O5. The van der Waals surface area contributed by atoms with Crippen LogP contribution in [0.1, 0.15) is 24.5 Å². The SMILES string of the molecule is C/C(=N\NC(=O)CCc1ccc2c(c1)OCO2)c1cc(O)ccc1O. The molecule has 25 heavy (non-hydrogen) atoms. The highest BCUT2D eigenvalue weighted by Crippen LogP contribution is 2.32. The van der Waals surface area contributed by atoms with Crippen LogP contribution in [0, 0.1) is 0 Å². The van der Waals surface area contributed by atoms with Crippen LogP contribution in [0.2, 0.25) is 0 Å². The summed E-state index contributed by atoms with van der Waals surface area (Å²) < 4.78 is 10.6. The molecule has 0 unspecified atom stereocenters. The van der Waals surface area contributed by atoms with E-state index in [1.807, 2.05) is 18.2 Å². The van der Waals surface area contributed by atoms with Crippen LogP contribution < -0.4 is 14.9 Å². The highest BCUT2D eigenvalue weighted by Gasteiger charge is 2.13. The van der Waals surface area contributed by atoms with Crippen molar-refractivity contribution in [1.29, 1.82) is 0 Å². The fourth-order valence-electron chi connectivity index (χ4n) is 2.43. The number of carbonyl (C=O) groups is 1. The molecule has 0 radical (unpaired) electrons. The molecule has 1 aliphatic heterocycles. The van der Waals surface area contributed by atoms with Crippen LogP contribution in [0.4, 0.5) is 0 Å². The van der Waals surface area contributed by atoms with E-state index in [1.54, 1.807) is 6.92 Å². The minimum absolute atomic E-state index is 0.0106. The molecule has 1 aliphatic rings. The zero-order valence-electron chi connectivity index (χ0n) is 13.7. The Morgan fingerprint density at radius 3 is 2.80 bits per heavy atom. The van der Waals surface area contributed by atoms with Crippen LogP contribution in [-0.4, -0.2) is 28.6 Å². The molecule has 2 aromatic carbocycles. The summed E-state index contributed by atoms with van der Waals surface area (Å²) in [5, 5.41) is 23.2. The van der Waals surface area contributed by atoms with E-state index in [1.165, 1.54) is 18.2 Å². The molecular weight excluding hydrogens is 324 g/mol. The Labute approximate surface area is 144 Å². The maximum atomic E-state index is 12.0. The van der Waals surface area contributed by atoms with Gasteiger partial charge in [-0.05, 0) is 49.2 Å². The maximum Gasteiger partial charge on any atom is 0.240 e. The van der Waals surface area contributed by atoms with E-state index in [2.05, 4.69) is 10.5 Å². The molecule has 0 saturated carbocycles. The van der Waals surface area contributed by atoms with Gasteiger partial charge in [0.2, 0.25) is 12.7 Å². The number of carbonyl (C=O) groups excluding carboxylic acids is 1. The third kappa shape index (κ3) is 4.00. The number of phenolic OH excluding ortho intramolecular Hbond substituents is 2. The second-order valence-corrected chi connectivity index (χ2v) is 5.62. The monoisotopic (exact) mass is 342 g/mol. The fourth-order valence-corrected chi connectivity index (χ4v) is 2.43. The number of nitrogens with one attached hydrogen (secondary N) is 1. The van der Waals surface area contributed by atoms with Gasteiger partial charge in [-0.3, -0.25) is 4.79 Å². The van der Waals surface area contributed by atoms with E-state index in [0.717, 1.165) is 5.56 Å². The first kappa shape index (κ1) is 16.6. The number of aryl methyl sites for hydroxylation is 1. The van der Waals surface area contributed by atoms with Gasteiger partial charge < -0.3 is 19.7 Å². The van der Waals surface area contributed by atoms with E-state index in [-0.39, 0.29) is 30.6 Å². The molecule has 1 heterocycles. The lowest BCUT2D eigenvalue weighted by Gasteiger charge is -2.06. The number of ether oxygens (including phenoxy) is 2. The summed E-state index contributed by atoms with van der Waals surface area (Å²) in [7, 11) is 0. The third-order valence-corrected chi connectivity index (χ3v) is 3.80. The zero-order valence-corrected chi connectivity index (χ0v) is 13.7. The lowest BCUT2D eigenvalue weighted by atomic mass is 10.1. The zero-order chi connectivity index (χ0) is 17.8. The molecule has 0 aliphatic carbocycles. The molecule has 7 heteroatoms. The van der Waals surface area contributed by atoms with Crippen LogP contribution in [0.3, 0.4) is 0 Å². The maximum absolute atomic E-state index is 12.0. The average Bonchev–Trinajstić information content (AvgIpc) is 3.07. The molecule has 2 aromatic rings. The topological polar surface area (TPSA) is 100 Å². The Hall–Kier alpha value is -3.22. The second kappa shape index (κ2) is 7.12. The molecule has 3 rings (SSSR count). The van der Waals surface area contributed by atoms with Crippen LogP contribution in [0.25, 0.3) is 0 Å². The molecule has 0 fully saturated rings. The number of benzene rings is 2. The quantitative estimate of drug-likeness (QED) is 0.440. The molecule has 0 spiro atoms.